The van der Waals surface area contributed by atoms with E-state index in [1.165, 1.54) is 83.5 Å². The quantitative estimate of drug-likeness (QED) is 0.293. The van der Waals surface area contributed by atoms with Gasteiger partial charge >= 0.3 is 5.97 Å². The Morgan fingerprint density at radius 3 is 1.18 bits per heavy atom. The standard InChI is InChI=1S/C18H36O2.Ca.Na/c1-2-3-4-5-6-7-8-9-10-11-12-13-14-15-16-17-18(19)20;;/h2-17H2,1H3,(H,19,20);;. The van der Waals surface area contributed by atoms with Crippen LogP contribution < -0.4 is 0 Å². The zero-order valence-corrected chi connectivity index (χ0v) is 19.6. The summed E-state index contributed by atoms with van der Waals surface area (Å²) in [6, 6.07) is 0. The summed E-state index contributed by atoms with van der Waals surface area (Å²) in [5, 5.41) is 8.52. The molecule has 0 amide bonds. The van der Waals surface area contributed by atoms with E-state index in [-0.39, 0.29) is 67.3 Å². The topological polar surface area (TPSA) is 37.3 Å². The van der Waals surface area contributed by atoms with Crippen LogP contribution >= 0.6 is 0 Å². The first-order valence-corrected chi connectivity index (χ1v) is 8.99. The normalized spacial score (nSPS) is 9.86. The maximum atomic E-state index is 10.3. The Hall–Kier alpha value is 1.73. The summed E-state index contributed by atoms with van der Waals surface area (Å²) in [5.41, 5.74) is 0. The van der Waals surface area contributed by atoms with E-state index in [1.807, 2.05) is 0 Å². The second kappa shape index (κ2) is 25.0. The molecule has 3 radical (unpaired) electrons. The fourth-order valence-electron chi connectivity index (χ4n) is 2.65. The van der Waals surface area contributed by atoms with Gasteiger partial charge in [0.15, 0.2) is 0 Å². The Morgan fingerprint density at radius 1 is 0.636 bits per heavy atom. The number of rotatable bonds is 16. The molecule has 0 saturated heterocycles. The number of carbonyl (C=O) groups is 1. The molecule has 0 aliphatic carbocycles. The summed E-state index contributed by atoms with van der Waals surface area (Å²) in [6.45, 7) is 2.27. The Balaban J connectivity index is -0.00000180. The molecule has 0 aliphatic heterocycles. The number of hydrogen-bond acceptors (Lipinski definition) is 1. The van der Waals surface area contributed by atoms with Crippen molar-refractivity contribution in [1.29, 1.82) is 0 Å². The minimum Gasteiger partial charge on any atom is -0.481 e. The van der Waals surface area contributed by atoms with Crippen LogP contribution in [0, 0.1) is 0 Å². The third kappa shape index (κ3) is 26.6. The van der Waals surface area contributed by atoms with Crippen molar-refractivity contribution >= 4 is 73.3 Å². The van der Waals surface area contributed by atoms with Crippen molar-refractivity contribution in [3.8, 4) is 0 Å². The summed E-state index contributed by atoms with van der Waals surface area (Å²) in [7, 11) is 0. The largest absolute Gasteiger partial charge is 0.481 e. The summed E-state index contributed by atoms with van der Waals surface area (Å²) >= 11 is 0. The number of aliphatic carboxylic acids is 1. The van der Waals surface area contributed by atoms with Gasteiger partial charge in [0, 0.05) is 73.7 Å². The van der Waals surface area contributed by atoms with Gasteiger partial charge < -0.3 is 5.11 Å². The first-order chi connectivity index (χ1) is 9.77. The van der Waals surface area contributed by atoms with Crippen molar-refractivity contribution in [3.63, 3.8) is 0 Å². The van der Waals surface area contributed by atoms with Crippen LogP contribution in [0.3, 0.4) is 0 Å². The molecular formula is C18H36CaNaO2. The van der Waals surface area contributed by atoms with Crippen molar-refractivity contribution in [2.24, 2.45) is 0 Å². The van der Waals surface area contributed by atoms with E-state index < -0.39 is 5.97 Å². The molecule has 0 saturated carbocycles. The summed E-state index contributed by atoms with van der Waals surface area (Å²) in [5.74, 6) is -0.653. The van der Waals surface area contributed by atoms with Crippen LogP contribution in [0.5, 0.6) is 0 Å². The first-order valence-electron chi connectivity index (χ1n) is 8.99. The summed E-state index contributed by atoms with van der Waals surface area (Å²) in [4.78, 5) is 10.3. The van der Waals surface area contributed by atoms with Crippen LogP contribution in [0.25, 0.3) is 0 Å². The summed E-state index contributed by atoms with van der Waals surface area (Å²) < 4.78 is 0. The van der Waals surface area contributed by atoms with Crippen molar-refractivity contribution in [3.05, 3.63) is 0 Å². The second-order valence-electron chi connectivity index (χ2n) is 6.09. The van der Waals surface area contributed by atoms with Gasteiger partial charge in [0.1, 0.15) is 0 Å². The smallest absolute Gasteiger partial charge is 0.303 e. The zero-order chi connectivity index (χ0) is 14.9. The van der Waals surface area contributed by atoms with Gasteiger partial charge in [-0.15, -0.1) is 0 Å². The Bertz CT molecular complexity index is 213. The van der Waals surface area contributed by atoms with Gasteiger partial charge in [-0.05, 0) is 6.42 Å². The minimum absolute atomic E-state index is 0. The number of unbranched alkanes of at least 4 members (excludes halogenated alkanes) is 14. The molecule has 0 atom stereocenters. The molecule has 0 heterocycles. The van der Waals surface area contributed by atoms with Crippen LogP contribution in [-0.4, -0.2) is 78.4 Å². The molecule has 0 aromatic carbocycles. The third-order valence-electron chi connectivity index (χ3n) is 3.99. The first kappa shape index (κ1) is 28.5. The molecule has 0 fully saturated rings. The van der Waals surface area contributed by atoms with E-state index in [0.717, 1.165) is 12.8 Å². The molecule has 0 spiro atoms. The fraction of sp³-hybridized carbons (Fsp3) is 0.944. The Kier molecular flexibility index (Phi) is 32.4. The van der Waals surface area contributed by atoms with Crippen molar-refractivity contribution in [1.82, 2.24) is 0 Å². The predicted molar refractivity (Wildman–Crippen MR) is 98.7 cm³/mol. The second-order valence-corrected chi connectivity index (χ2v) is 6.09. The SMILES string of the molecule is CCCCCCCCCCCCCCCCCC(=O)O.[Ca].[Na]. The van der Waals surface area contributed by atoms with Gasteiger partial charge in [0.2, 0.25) is 0 Å². The molecule has 2 nitrogen and oxygen atoms in total. The van der Waals surface area contributed by atoms with E-state index >= 15 is 0 Å². The molecule has 0 unspecified atom stereocenters. The average Bonchev–Trinajstić information content (AvgIpc) is 2.43. The molecular weight excluding hydrogens is 311 g/mol. The predicted octanol–water partition coefficient (Wildman–Crippen LogP) is 5.57. The molecule has 0 rings (SSSR count). The molecule has 1 N–H and O–H groups in total. The molecule has 22 heavy (non-hydrogen) atoms. The molecule has 4 heteroatoms. The molecule has 0 aliphatic rings. The average molecular weight is 348 g/mol. The van der Waals surface area contributed by atoms with Gasteiger partial charge in [-0.25, -0.2) is 0 Å². The number of carboxylic acids is 1. The fourth-order valence-corrected chi connectivity index (χ4v) is 2.65. The van der Waals surface area contributed by atoms with E-state index in [0.29, 0.717) is 6.42 Å². The monoisotopic (exact) mass is 347 g/mol. The number of carboxylic acid groups (broad SMARTS) is 1. The maximum Gasteiger partial charge on any atom is 0.303 e. The van der Waals surface area contributed by atoms with Crippen LogP contribution in [0.2, 0.25) is 0 Å². The van der Waals surface area contributed by atoms with Crippen LogP contribution in [0.1, 0.15) is 110 Å². The number of hydrogen-bond donors (Lipinski definition) is 1. The van der Waals surface area contributed by atoms with Gasteiger partial charge in [-0.2, -0.15) is 0 Å². The maximum absolute atomic E-state index is 10.3. The summed E-state index contributed by atoms with van der Waals surface area (Å²) in [6.07, 6.45) is 20.2. The van der Waals surface area contributed by atoms with Crippen molar-refractivity contribution in [2.45, 2.75) is 110 Å². The zero-order valence-electron chi connectivity index (χ0n) is 15.4. The van der Waals surface area contributed by atoms with Gasteiger partial charge in [-0.3, -0.25) is 4.79 Å². The van der Waals surface area contributed by atoms with Crippen molar-refractivity contribution in [2.75, 3.05) is 0 Å². The van der Waals surface area contributed by atoms with E-state index in [2.05, 4.69) is 6.92 Å². The van der Waals surface area contributed by atoms with Gasteiger partial charge in [0.25, 0.3) is 0 Å². The van der Waals surface area contributed by atoms with E-state index in [4.69, 9.17) is 5.11 Å². The Labute approximate surface area is 190 Å². The van der Waals surface area contributed by atoms with Crippen LogP contribution in [-0.2, 0) is 4.79 Å². The van der Waals surface area contributed by atoms with Crippen LogP contribution in [0.15, 0.2) is 0 Å². The molecule has 0 aromatic heterocycles. The van der Waals surface area contributed by atoms with Crippen LogP contribution in [0.4, 0.5) is 0 Å². The minimum atomic E-state index is -0.653. The van der Waals surface area contributed by atoms with Crippen molar-refractivity contribution < 1.29 is 9.90 Å². The Morgan fingerprint density at radius 2 is 0.909 bits per heavy atom. The molecule has 0 aromatic rings. The molecule has 123 valence electrons. The van der Waals surface area contributed by atoms with E-state index in [9.17, 15) is 4.79 Å². The molecule has 0 bridgehead atoms. The third-order valence-corrected chi connectivity index (χ3v) is 3.99. The van der Waals surface area contributed by atoms with Gasteiger partial charge in [0.05, 0.1) is 0 Å². The van der Waals surface area contributed by atoms with Gasteiger partial charge in [-0.1, -0.05) is 96.8 Å². The van der Waals surface area contributed by atoms with E-state index in [1.54, 1.807) is 0 Å².